The van der Waals surface area contributed by atoms with Crippen molar-refractivity contribution in [2.75, 3.05) is 32.1 Å². The van der Waals surface area contributed by atoms with Crippen molar-refractivity contribution in [1.29, 1.82) is 0 Å². The van der Waals surface area contributed by atoms with E-state index in [4.69, 9.17) is 10.5 Å². The molecule has 1 atom stereocenters. The van der Waals surface area contributed by atoms with Crippen LogP contribution in [-0.4, -0.2) is 27.2 Å². The van der Waals surface area contributed by atoms with Gasteiger partial charge >= 0.3 is 0 Å². The lowest BCUT2D eigenvalue weighted by atomic mass is 9.94. The quantitative estimate of drug-likeness (QED) is 0.750. The Balaban J connectivity index is 1.84. The molecular weight excluding hydrogens is 284 g/mol. The van der Waals surface area contributed by atoms with E-state index in [9.17, 15) is 0 Å². The Morgan fingerprint density at radius 1 is 1.04 bits per heavy atom. The van der Waals surface area contributed by atoms with E-state index in [2.05, 4.69) is 56.3 Å². The molecule has 0 saturated heterocycles. The number of nitrogens with two attached hydrogens (primary N) is 1. The molecule has 0 aliphatic carbocycles. The highest BCUT2D eigenvalue weighted by Gasteiger charge is 2.10. The number of hydrogen-bond donors (Lipinski definition) is 1. The number of anilines is 1. The molecule has 0 spiro atoms. The van der Waals surface area contributed by atoms with E-state index in [-0.39, 0.29) is 0 Å². The van der Waals surface area contributed by atoms with Crippen LogP contribution in [-0.2, 0) is 0 Å². The molecule has 0 radical (unpaired) electrons. The zero-order valence-electron chi connectivity index (χ0n) is 14.5. The van der Waals surface area contributed by atoms with Crippen molar-refractivity contribution in [2.45, 2.75) is 25.7 Å². The zero-order chi connectivity index (χ0) is 16.7. The number of para-hydroxylation sites is 1. The lowest BCUT2D eigenvalue weighted by molar-refractivity contribution is 0.300. The van der Waals surface area contributed by atoms with E-state index in [0.717, 1.165) is 25.2 Å². The predicted molar refractivity (Wildman–Crippen MR) is 98.5 cm³/mol. The Bertz CT molecular complexity index is 593. The lowest BCUT2D eigenvalue weighted by Crippen LogP contribution is -2.14. The normalized spacial score (nSPS) is 12.0. The van der Waals surface area contributed by atoms with Gasteiger partial charge in [-0.3, -0.25) is 0 Å². The molecule has 3 nitrogen and oxygen atoms in total. The maximum atomic E-state index is 5.97. The molecule has 0 amide bonds. The molecule has 23 heavy (non-hydrogen) atoms. The van der Waals surface area contributed by atoms with Gasteiger partial charge in [0.05, 0.1) is 6.61 Å². The Morgan fingerprint density at radius 3 is 2.35 bits per heavy atom. The van der Waals surface area contributed by atoms with Gasteiger partial charge in [-0.2, -0.15) is 0 Å². The number of benzene rings is 2. The number of aryl methyl sites for hydroxylation is 1. The van der Waals surface area contributed by atoms with E-state index >= 15 is 0 Å². The molecule has 0 aliphatic heterocycles. The van der Waals surface area contributed by atoms with Crippen molar-refractivity contribution in [3.8, 4) is 5.75 Å². The largest absolute Gasteiger partial charge is 0.493 e. The van der Waals surface area contributed by atoms with Crippen LogP contribution < -0.4 is 15.4 Å². The first kappa shape index (κ1) is 17.4. The minimum Gasteiger partial charge on any atom is -0.493 e. The summed E-state index contributed by atoms with van der Waals surface area (Å²) in [6.45, 7) is 3.48. The van der Waals surface area contributed by atoms with Crippen molar-refractivity contribution in [2.24, 2.45) is 5.73 Å². The summed E-state index contributed by atoms with van der Waals surface area (Å²) in [5.74, 6) is 1.37. The molecule has 0 fully saturated rings. The summed E-state index contributed by atoms with van der Waals surface area (Å²) < 4.78 is 5.87. The second-order valence-corrected chi connectivity index (χ2v) is 6.17. The highest BCUT2D eigenvalue weighted by Crippen LogP contribution is 2.23. The van der Waals surface area contributed by atoms with Gasteiger partial charge < -0.3 is 15.4 Å². The Hall–Kier alpha value is -2.00. The first-order valence-corrected chi connectivity index (χ1v) is 8.27. The van der Waals surface area contributed by atoms with E-state index in [1.165, 1.54) is 16.8 Å². The average Bonchev–Trinajstić information content (AvgIpc) is 2.56. The van der Waals surface area contributed by atoms with Gasteiger partial charge in [0.2, 0.25) is 0 Å². The maximum absolute atomic E-state index is 5.97. The lowest BCUT2D eigenvalue weighted by Gasteiger charge is -2.18. The number of rotatable bonds is 8. The van der Waals surface area contributed by atoms with E-state index in [1.54, 1.807) is 0 Å². The van der Waals surface area contributed by atoms with Gasteiger partial charge in [-0.15, -0.1) is 0 Å². The minimum atomic E-state index is 0.395. The number of ether oxygens (including phenoxy) is 1. The van der Waals surface area contributed by atoms with Gasteiger partial charge in [-0.1, -0.05) is 30.3 Å². The summed E-state index contributed by atoms with van der Waals surface area (Å²) in [7, 11) is 4.11. The molecular formula is C20H28N2O. The molecule has 0 aliphatic rings. The summed E-state index contributed by atoms with van der Waals surface area (Å²) in [6, 6.07) is 16.8. The topological polar surface area (TPSA) is 38.5 Å². The first-order valence-electron chi connectivity index (χ1n) is 8.27. The highest BCUT2D eigenvalue weighted by molar-refractivity contribution is 5.46. The summed E-state index contributed by atoms with van der Waals surface area (Å²) in [4.78, 5) is 2.11. The van der Waals surface area contributed by atoms with Crippen molar-refractivity contribution < 1.29 is 4.74 Å². The minimum absolute atomic E-state index is 0.395. The van der Waals surface area contributed by atoms with Crippen LogP contribution in [0.4, 0.5) is 5.69 Å². The number of hydrogen-bond acceptors (Lipinski definition) is 3. The molecule has 3 heteroatoms. The first-order chi connectivity index (χ1) is 11.1. The maximum Gasteiger partial charge on any atom is 0.122 e. The van der Waals surface area contributed by atoms with Crippen molar-refractivity contribution in [3.05, 3.63) is 59.7 Å². The molecule has 0 bridgehead atoms. The van der Waals surface area contributed by atoms with Crippen LogP contribution >= 0.6 is 0 Å². The molecule has 124 valence electrons. The SMILES string of the molecule is Cc1ccccc1OCCCC(CN)c1ccc(N(C)C)cc1. The van der Waals surface area contributed by atoms with Gasteiger partial charge in [-0.25, -0.2) is 0 Å². The molecule has 0 aromatic heterocycles. The van der Waals surface area contributed by atoms with Gasteiger partial charge in [0, 0.05) is 19.8 Å². The predicted octanol–water partition coefficient (Wildman–Crippen LogP) is 3.96. The van der Waals surface area contributed by atoms with Crippen LogP contribution in [0.15, 0.2) is 48.5 Å². The Kier molecular flexibility index (Phi) is 6.48. The molecule has 2 rings (SSSR count). The van der Waals surface area contributed by atoms with E-state index in [0.29, 0.717) is 12.5 Å². The third-order valence-corrected chi connectivity index (χ3v) is 4.21. The van der Waals surface area contributed by atoms with Gasteiger partial charge in [0.25, 0.3) is 0 Å². The van der Waals surface area contributed by atoms with Crippen LogP contribution in [0.2, 0.25) is 0 Å². The molecule has 1 unspecified atom stereocenters. The monoisotopic (exact) mass is 312 g/mol. The smallest absolute Gasteiger partial charge is 0.122 e. The van der Waals surface area contributed by atoms with Crippen molar-refractivity contribution >= 4 is 5.69 Å². The van der Waals surface area contributed by atoms with Gasteiger partial charge in [-0.05, 0) is 61.6 Å². The highest BCUT2D eigenvalue weighted by atomic mass is 16.5. The van der Waals surface area contributed by atoms with Crippen LogP contribution in [0.3, 0.4) is 0 Å². The average molecular weight is 312 g/mol. The standard InChI is InChI=1S/C20H28N2O/c1-16-7-4-5-9-20(16)23-14-6-8-18(15-21)17-10-12-19(13-11-17)22(2)3/h4-5,7,9-13,18H,6,8,14-15,21H2,1-3H3. The third kappa shape index (κ3) is 5.00. The summed E-state index contributed by atoms with van der Waals surface area (Å²) in [5.41, 5.74) is 9.68. The Labute approximate surface area is 140 Å². The van der Waals surface area contributed by atoms with Crippen LogP contribution in [0, 0.1) is 6.92 Å². The van der Waals surface area contributed by atoms with Crippen LogP contribution in [0.5, 0.6) is 5.75 Å². The second-order valence-electron chi connectivity index (χ2n) is 6.17. The summed E-state index contributed by atoms with van der Waals surface area (Å²) in [5, 5.41) is 0. The van der Waals surface area contributed by atoms with Crippen LogP contribution in [0.1, 0.15) is 29.9 Å². The fourth-order valence-electron chi connectivity index (χ4n) is 2.70. The Morgan fingerprint density at radius 2 is 1.74 bits per heavy atom. The zero-order valence-corrected chi connectivity index (χ0v) is 14.5. The fraction of sp³-hybridized carbons (Fsp3) is 0.400. The van der Waals surface area contributed by atoms with Gasteiger partial charge in [0.1, 0.15) is 5.75 Å². The fourth-order valence-corrected chi connectivity index (χ4v) is 2.70. The molecule has 2 N–H and O–H groups in total. The van der Waals surface area contributed by atoms with E-state index in [1.807, 2.05) is 18.2 Å². The van der Waals surface area contributed by atoms with Gasteiger partial charge in [0.15, 0.2) is 0 Å². The van der Waals surface area contributed by atoms with Crippen molar-refractivity contribution in [3.63, 3.8) is 0 Å². The third-order valence-electron chi connectivity index (χ3n) is 4.21. The van der Waals surface area contributed by atoms with Crippen molar-refractivity contribution in [1.82, 2.24) is 0 Å². The molecule has 2 aromatic carbocycles. The molecule has 0 saturated carbocycles. The van der Waals surface area contributed by atoms with E-state index < -0.39 is 0 Å². The van der Waals surface area contributed by atoms with Crippen LogP contribution in [0.25, 0.3) is 0 Å². The number of nitrogens with zero attached hydrogens (tertiary/aromatic N) is 1. The molecule has 2 aromatic rings. The molecule has 0 heterocycles. The summed E-state index contributed by atoms with van der Waals surface area (Å²) >= 11 is 0. The summed E-state index contributed by atoms with van der Waals surface area (Å²) in [6.07, 6.45) is 2.05. The second kappa shape index (κ2) is 8.59.